The van der Waals surface area contributed by atoms with Crippen molar-refractivity contribution in [2.75, 3.05) is 40.4 Å². The minimum Gasteiger partial charge on any atom is -0.383 e. The van der Waals surface area contributed by atoms with Gasteiger partial charge in [-0.25, -0.2) is 0 Å². The summed E-state index contributed by atoms with van der Waals surface area (Å²) in [7, 11) is 3.79. The van der Waals surface area contributed by atoms with Crippen molar-refractivity contribution < 1.29 is 9.53 Å². The normalized spacial score (nSPS) is 22.8. The number of nitrogens with one attached hydrogen (secondary N) is 1. The SMILES string of the molecule is CCCCC1NC(C(C)C)N(CCN(C)CCOC)C1=O. The number of ether oxygens (including phenoxy) is 1. The fraction of sp³-hybridized carbons (Fsp3) is 0.938. The van der Waals surface area contributed by atoms with E-state index >= 15 is 0 Å². The fourth-order valence-electron chi connectivity index (χ4n) is 2.76. The second-order valence-electron chi connectivity index (χ2n) is 6.38. The molecular formula is C16H33N3O2. The molecule has 1 N–H and O–H groups in total. The van der Waals surface area contributed by atoms with Crippen molar-refractivity contribution in [1.29, 1.82) is 0 Å². The molecule has 0 aliphatic carbocycles. The third kappa shape index (κ3) is 5.57. The number of carbonyl (C=O) groups excluding carboxylic acids is 1. The van der Waals surface area contributed by atoms with Crippen LogP contribution < -0.4 is 5.32 Å². The van der Waals surface area contributed by atoms with Gasteiger partial charge in [0.05, 0.1) is 18.8 Å². The van der Waals surface area contributed by atoms with E-state index in [0.29, 0.717) is 5.92 Å². The molecule has 0 aromatic rings. The van der Waals surface area contributed by atoms with E-state index in [1.165, 1.54) is 0 Å². The van der Waals surface area contributed by atoms with Crippen LogP contribution in [0, 0.1) is 5.92 Å². The van der Waals surface area contributed by atoms with Crippen LogP contribution in [0.3, 0.4) is 0 Å². The molecule has 0 spiro atoms. The molecule has 0 aromatic heterocycles. The molecule has 1 aliphatic heterocycles. The molecule has 1 saturated heterocycles. The summed E-state index contributed by atoms with van der Waals surface area (Å²) in [6.07, 6.45) is 3.37. The van der Waals surface area contributed by atoms with Crippen molar-refractivity contribution >= 4 is 5.91 Å². The predicted octanol–water partition coefficient (Wildman–Crippen LogP) is 1.54. The van der Waals surface area contributed by atoms with Crippen molar-refractivity contribution in [2.24, 2.45) is 5.92 Å². The van der Waals surface area contributed by atoms with Crippen molar-refractivity contribution in [3.8, 4) is 0 Å². The summed E-state index contributed by atoms with van der Waals surface area (Å²) in [6.45, 7) is 9.83. The maximum atomic E-state index is 12.6. The molecule has 1 rings (SSSR count). The summed E-state index contributed by atoms with van der Waals surface area (Å²) in [5, 5.41) is 3.53. The van der Waals surface area contributed by atoms with E-state index in [2.05, 4.69) is 38.0 Å². The molecule has 21 heavy (non-hydrogen) atoms. The van der Waals surface area contributed by atoms with E-state index in [1.54, 1.807) is 7.11 Å². The van der Waals surface area contributed by atoms with Gasteiger partial charge in [0, 0.05) is 26.7 Å². The molecule has 0 radical (unpaired) electrons. The van der Waals surface area contributed by atoms with E-state index in [9.17, 15) is 4.79 Å². The van der Waals surface area contributed by atoms with Crippen molar-refractivity contribution in [1.82, 2.24) is 15.1 Å². The minimum atomic E-state index is 0.0154. The molecule has 1 heterocycles. The number of hydrogen-bond acceptors (Lipinski definition) is 4. The topological polar surface area (TPSA) is 44.8 Å². The number of rotatable bonds is 10. The number of hydrogen-bond donors (Lipinski definition) is 1. The monoisotopic (exact) mass is 299 g/mol. The highest BCUT2D eigenvalue weighted by Gasteiger charge is 2.39. The minimum absolute atomic E-state index is 0.0154. The molecule has 5 nitrogen and oxygen atoms in total. The number of likely N-dealkylation sites (N-methyl/N-ethyl adjacent to an activating group) is 1. The standard InChI is InChI=1S/C16H33N3O2/c1-6-7-8-14-16(20)19(15(17-14)13(2)3)10-9-18(4)11-12-21-5/h13-15,17H,6-12H2,1-5H3. The molecule has 2 atom stereocenters. The number of unbranched alkanes of at least 4 members (excludes halogenated alkanes) is 1. The lowest BCUT2D eigenvalue weighted by molar-refractivity contribution is -0.130. The van der Waals surface area contributed by atoms with Gasteiger partial charge in [-0.3, -0.25) is 10.1 Å². The number of amides is 1. The molecule has 124 valence electrons. The molecule has 1 amide bonds. The van der Waals surface area contributed by atoms with Gasteiger partial charge in [-0.1, -0.05) is 33.6 Å². The highest BCUT2D eigenvalue weighted by atomic mass is 16.5. The van der Waals surface area contributed by atoms with Crippen LogP contribution in [0.25, 0.3) is 0 Å². The van der Waals surface area contributed by atoms with Gasteiger partial charge in [0.25, 0.3) is 0 Å². The molecule has 5 heteroatoms. The molecular weight excluding hydrogens is 266 g/mol. The Morgan fingerprint density at radius 2 is 2.10 bits per heavy atom. The third-order valence-electron chi connectivity index (χ3n) is 4.17. The van der Waals surface area contributed by atoms with Gasteiger partial charge in [0.2, 0.25) is 5.91 Å². The smallest absolute Gasteiger partial charge is 0.241 e. The zero-order valence-electron chi connectivity index (χ0n) is 14.4. The summed E-state index contributed by atoms with van der Waals surface area (Å²) < 4.78 is 5.09. The Morgan fingerprint density at radius 3 is 2.67 bits per heavy atom. The Morgan fingerprint density at radius 1 is 1.38 bits per heavy atom. The summed E-state index contributed by atoms with van der Waals surface area (Å²) in [5.74, 6) is 0.715. The Bertz CT molecular complexity index is 310. The lowest BCUT2D eigenvalue weighted by atomic mass is 10.1. The van der Waals surface area contributed by atoms with Crippen LogP contribution in [-0.4, -0.2) is 68.3 Å². The van der Waals surface area contributed by atoms with Crippen molar-refractivity contribution in [3.05, 3.63) is 0 Å². The Kier molecular flexibility index (Phi) is 8.22. The largest absolute Gasteiger partial charge is 0.383 e. The number of carbonyl (C=O) groups is 1. The highest BCUT2D eigenvalue weighted by Crippen LogP contribution is 2.20. The average Bonchev–Trinajstić information content (AvgIpc) is 2.77. The van der Waals surface area contributed by atoms with Gasteiger partial charge >= 0.3 is 0 Å². The van der Waals surface area contributed by atoms with Crippen molar-refractivity contribution in [2.45, 2.75) is 52.2 Å². The second kappa shape index (κ2) is 9.38. The van der Waals surface area contributed by atoms with Crippen LogP contribution in [0.2, 0.25) is 0 Å². The lowest BCUT2D eigenvalue weighted by Gasteiger charge is -2.29. The quantitative estimate of drug-likeness (QED) is 0.664. The zero-order chi connectivity index (χ0) is 15.8. The Hall–Kier alpha value is -0.650. The Labute approximate surface area is 130 Å². The van der Waals surface area contributed by atoms with Crippen LogP contribution in [0.4, 0.5) is 0 Å². The summed E-state index contributed by atoms with van der Waals surface area (Å²) in [4.78, 5) is 16.8. The summed E-state index contributed by atoms with van der Waals surface area (Å²) >= 11 is 0. The van der Waals surface area contributed by atoms with E-state index in [1.807, 2.05) is 4.90 Å². The lowest BCUT2D eigenvalue weighted by Crippen LogP contribution is -2.44. The first kappa shape index (κ1) is 18.4. The van der Waals surface area contributed by atoms with Gasteiger partial charge in [-0.05, 0) is 19.4 Å². The van der Waals surface area contributed by atoms with E-state index < -0.39 is 0 Å². The van der Waals surface area contributed by atoms with Crippen LogP contribution in [0.15, 0.2) is 0 Å². The average molecular weight is 299 g/mol. The molecule has 1 fully saturated rings. The van der Waals surface area contributed by atoms with E-state index in [0.717, 1.165) is 45.5 Å². The van der Waals surface area contributed by atoms with Gasteiger partial charge < -0.3 is 14.5 Å². The van der Waals surface area contributed by atoms with Gasteiger partial charge in [0.1, 0.15) is 0 Å². The van der Waals surface area contributed by atoms with Gasteiger partial charge in [-0.2, -0.15) is 0 Å². The van der Waals surface area contributed by atoms with Crippen LogP contribution in [0.1, 0.15) is 40.0 Å². The van der Waals surface area contributed by atoms with Gasteiger partial charge in [0.15, 0.2) is 0 Å². The molecule has 0 bridgehead atoms. The number of methoxy groups -OCH3 is 1. The molecule has 0 aromatic carbocycles. The fourth-order valence-corrected chi connectivity index (χ4v) is 2.76. The van der Waals surface area contributed by atoms with Crippen LogP contribution in [0.5, 0.6) is 0 Å². The number of nitrogens with zero attached hydrogens (tertiary/aromatic N) is 2. The predicted molar refractivity (Wildman–Crippen MR) is 86.2 cm³/mol. The third-order valence-corrected chi connectivity index (χ3v) is 4.17. The van der Waals surface area contributed by atoms with Crippen molar-refractivity contribution in [3.63, 3.8) is 0 Å². The molecule has 0 saturated carbocycles. The van der Waals surface area contributed by atoms with E-state index in [-0.39, 0.29) is 18.1 Å². The first-order valence-corrected chi connectivity index (χ1v) is 8.25. The summed E-state index contributed by atoms with van der Waals surface area (Å²) in [6, 6.07) is 0.0154. The second-order valence-corrected chi connectivity index (χ2v) is 6.38. The first-order chi connectivity index (χ1) is 10.0. The maximum absolute atomic E-state index is 12.6. The maximum Gasteiger partial charge on any atom is 0.241 e. The molecule has 1 aliphatic rings. The Balaban J connectivity index is 2.53. The van der Waals surface area contributed by atoms with E-state index in [4.69, 9.17) is 4.74 Å². The van der Waals surface area contributed by atoms with Crippen LogP contribution >= 0.6 is 0 Å². The first-order valence-electron chi connectivity index (χ1n) is 8.25. The highest BCUT2D eigenvalue weighted by molar-refractivity contribution is 5.84. The zero-order valence-corrected chi connectivity index (χ0v) is 14.4. The summed E-state index contributed by atoms with van der Waals surface area (Å²) in [5.41, 5.74) is 0. The van der Waals surface area contributed by atoms with Gasteiger partial charge in [-0.15, -0.1) is 0 Å². The van der Waals surface area contributed by atoms with Crippen LogP contribution in [-0.2, 0) is 9.53 Å². The molecule has 2 unspecified atom stereocenters.